The molecule has 1 aliphatic heterocycles. The van der Waals surface area contributed by atoms with Crippen LogP contribution in [0.3, 0.4) is 0 Å². The monoisotopic (exact) mass is 242 g/mol. The Balaban J connectivity index is 2.40. The number of carboxylic acids is 1. The zero-order chi connectivity index (χ0) is 12.4. The molecule has 17 heavy (non-hydrogen) atoms. The van der Waals surface area contributed by atoms with Gasteiger partial charge in [0.15, 0.2) is 23.1 Å². The maximum absolute atomic E-state index is 13.9. The Morgan fingerprint density at radius 2 is 2.35 bits per heavy atom. The summed E-state index contributed by atoms with van der Waals surface area (Å²) in [5.74, 6) is -0.930. The number of carbonyl (C=O) groups is 1. The number of halogens is 1. The summed E-state index contributed by atoms with van der Waals surface area (Å²) in [6.07, 6.45) is -0.149. The highest BCUT2D eigenvalue weighted by molar-refractivity contribution is 5.67. The lowest BCUT2D eigenvalue weighted by atomic mass is 10.1. The molecule has 0 bridgehead atoms. The number of aliphatic carboxylic acids is 1. The van der Waals surface area contributed by atoms with Gasteiger partial charge in [0.05, 0.1) is 7.11 Å². The summed E-state index contributed by atoms with van der Waals surface area (Å²) in [5.41, 5.74) is 0.180. The molecule has 0 unspecified atom stereocenters. The molecule has 2 rings (SSSR count). The second-order valence-electron chi connectivity index (χ2n) is 3.50. The van der Waals surface area contributed by atoms with E-state index in [1.807, 2.05) is 0 Å². The number of fused-ring (bicyclic) bond motifs is 1. The third-order valence-electron chi connectivity index (χ3n) is 2.47. The Kier molecular flexibility index (Phi) is 3.03. The third-order valence-corrected chi connectivity index (χ3v) is 2.47. The van der Waals surface area contributed by atoms with E-state index in [1.165, 1.54) is 13.2 Å². The highest BCUT2D eigenvalue weighted by Crippen LogP contribution is 2.42. The summed E-state index contributed by atoms with van der Waals surface area (Å²) in [6.45, 7) is 0.00200. The van der Waals surface area contributed by atoms with Crippen molar-refractivity contribution in [2.75, 3.05) is 13.9 Å². The molecule has 0 saturated carbocycles. The fourth-order valence-corrected chi connectivity index (χ4v) is 1.67. The second kappa shape index (κ2) is 4.48. The number of methoxy groups -OCH3 is 1. The molecule has 0 aromatic heterocycles. The van der Waals surface area contributed by atoms with Gasteiger partial charge < -0.3 is 19.3 Å². The van der Waals surface area contributed by atoms with E-state index in [1.54, 1.807) is 0 Å². The van der Waals surface area contributed by atoms with Crippen LogP contribution < -0.4 is 14.2 Å². The number of carboxylic acid groups (broad SMARTS) is 1. The number of rotatable bonds is 4. The van der Waals surface area contributed by atoms with E-state index in [0.717, 1.165) is 0 Å². The van der Waals surface area contributed by atoms with Crippen molar-refractivity contribution in [1.29, 1.82) is 0 Å². The largest absolute Gasteiger partial charge is 0.494 e. The van der Waals surface area contributed by atoms with Crippen LogP contribution in [0.2, 0.25) is 0 Å². The highest BCUT2D eigenvalue weighted by Gasteiger charge is 2.25. The summed E-state index contributed by atoms with van der Waals surface area (Å²) >= 11 is 0. The summed E-state index contributed by atoms with van der Waals surface area (Å²) in [7, 11) is 1.33. The summed E-state index contributed by atoms with van der Waals surface area (Å²) in [5, 5.41) is 8.61. The fourth-order valence-electron chi connectivity index (χ4n) is 1.67. The van der Waals surface area contributed by atoms with Gasteiger partial charge in [-0.05, 0) is 6.42 Å². The Bertz CT molecular complexity index is 457. The quantitative estimate of drug-likeness (QED) is 0.868. The van der Waals surface area contributed by atoms with Crippen LogP contribution in [0.5, 0.6) is 17.2 Å². The van der Waals surface area contributed by atoms with Crippen LogP contribution in [0.15, 0.2) is 6.07 Å². The van der Waals surface area contributed by atoms with Gasteiger partial charge in [-0.2, -0.15) is 0 Å². The molecule has 5 nitrogen and oxygen atoms in total. The molecule has 0 fully saturated rings. The minimum absolute atomic E-state index is 0.00200. The second-order valence-corrected chi connectivity index (χ2v) is 3.50. The molecule has 0 radical (unpaired) electrons. The smallest absolute Gasteiger partial charge is 0.303 e. The molecule has 1 aliphatic rings. The molecule has 0 amide bonds. The molecule has 0 saturated heterocycles. The van der Waals surface area contributed by atoms with Crippen molar-refractivity contribution in [3.63, 3.8) is 0 Å². The number of hydrogen-bond acceptors (Lipinski definition) is 4. The lowest BCUT2D eigenvalue weighted by molar-refractivity contribution is -0.136. The van der Waals surface area contributed by atoms with Gasteiger partial charge in [-0.1, -0.05) is 0 Å². The van der Waals surface area contributed by atoms with Crippen molar-refractivity contribution in [2.45, 2.75) is 12.8 Å². The Labute approximate surface area is 96.7 Å². The molecule has 92 valence electrons. The molecular formula is C11H11FO5. The van der Waals surface area contributed by atoms with Crippen LogP contribution in [0, 0.1) is 5.82 Å². The molecular weight excluding hydrogens is 231 g/mol. The predicted octanol–water partition coefficient (Wildman–Crippen LogP) is 1.58. The Hall–Kier alpha value is -1.98. The normalized spacial score (nSPS) is 12.6. The van der Waals surface area contributed by atoms with Crippen molar-refractivity contribution in [3.05, 3.63) is 17.4 Å². The Morgan fingerprint density at radius 3 is 3.00 bits per heavy atom. The van der Waals surface area contributed by atoms with Crippen molar-refractivity contribution in [2.24, 2.45) is 0 Å². The van der Waals surface area contributed by atoms with Crippen molar-refractivity contribution in [3.8, 4) is 17.2 Å². The Morgan fingerprint density at radius 1 is 1.59 bits per heavy atom. The van der Waals surface area contributed by atoms with Gasteiger partial charge in [0.1, 0.15) is 0 Å². The molecule has 1 N–H and O–H groups in total. The number of hydrogen-bond donors (Lipinski definition) is 1. The predicted molar refractivity (Wildman–Crippen MR) is 55.0 cm³/mol. The van der Waals surface area contributed by atoms with Crippen molar-refractivity contribution >= 4 is 5.97 Å². The summed E-state index contributed by atoms with van der Waals surface area (Å²) in [6, 6.07) is 1.39. The minimum Gasteiger partial charge on any atom is -0.494 e. The van der Waals surface area contributed by atoms with E-state index in [9.17, 15) is 9.18 Å². The maximum Gasteiger partial charge on any atom is 0.303 e. The molecule has 6 heteroatoms. The van der Waals surface area contributed by atoms with E-state index >= 15 is 0 Å². The van der Waals surface area contributed by atoms with Gasteiger partial charge in [-0.3, -0.25) is 4.79 Å². The molecule has 0 aliphatic carbocycles. The first-order chi connectivity index (χ1) is 8.13. The van der Waals surface area contributed by atoms with E-state index < -0.39 is 11.8 Å². The SMILES string of the molecule is COc1cc2c(c(CCC(=O)O)c1F)OCO2. The first kappa shape index (κ1) is 11.5. The topological polar surface area (TPSA) is 65.0 Å². The molecule has 1 aromatic rings. The van der Waals surface area contributed by atoms with Gasteiger partial charge in [0, 0.05) is 18.1 Å². The minimum atomic E-state index is -1.00. The summed E-state index contributed by atoms with van der Waals surface area (Å²) < 4.78 is 29.0. The lowest BCUT2D eigenvalue weighted by Gasteiger charge is -2.09. The standard InChI is InChI=1S/C11H11FO5/c1-15-7-4-8-11(17-5-16-8)6(10(7)12)2-3-9(13)14/h4H,2-3,5H2,1H3,(H,13,14). The molecule has 1 heterocycles. The van der Waals surface area contributed by atoms with Crippen molar-refractivity contribution in [1.82, 2.24) is 0 Å². The number of benzene rings is 1. The first-order valence-corrected chi connectivity index (χ1v) is 5.00. The van der Waals surface area contributed by atoms with Crippen LogP contribution in [-0.2, 0) is 11.2 Å². The zero-order valence-electron chi connectivity index (χ0n) is 9.16. The fraction of sp³-hybridized carbons (Fsp3) is 0.364. The third kappa shape index (κ3) is 2.11. The highest BCUT2D eigenvalue weighted by atomic mass is 19.1. The average molecular weight is 242 g/mol. The maximum atomic E-state index is 13.9. The van der Waals surface area contributed by atoms with Gasteiger partial charge in [-0.15, -0.1) is 0 Å². The van der Waals surface area contributed by atoms with Crippen LogP contribution in [0.4, 0.5) is 4.39 Å². The first-order valence-electron chi connectivity index (χ1n) is 5.00. The molecule has 1 aromatic carbocycles. The van der Waals surface area contributed by atoms with Gasteiger partial charge in [0.2, 0.25) is 6.79 Å². The lowest BCUT2D eigenvalue weighted by Crippen LogP contribution is -2.02. The van der Waals surface area contributed by atoms with E-state index in [0.29, 0.717) is 5.75 Å². The van der Waals surface area contributed by atoms with Crippen molar-refractivity contribution < 1.29 is 28.5 Å². The molecule has 0 spiro atoms. The van der Waals surface area contributed by atoms with Crippen LogP contribution in [0.1, 0.15) is 12.0 Å². The number of ether oxygens (including phenoxy) is 3. The van der Waals surface area contributed by atoms with Gasteiger partial charge >= 0.3 is 5.97 Å². The average Bonchev–Trinajstić information content (AvgIpc) is 2.74. The van der Waals surface area contributed by atoms with Gasteiger partial charge in [-0.25, -0.2) is 4.39 Å². The van der Waals surface area contributed by atoms with E-state index in [4.69, 9.17) is 19.3 Å². The van der Waals surface area contributed by atoms with Crippen LogP contribution >= 0.6 is 0 Å². The summed E-state index contributed by atoms with van der Waals surface area (Å²) in [4.78, 5) is 10.5. The van der Waals surface area contributed by atoms with Crippen LogP contribution in [0.25, 0.3) is 0 Å². The molecule has 0 atom stereocenters. The van der Waals surface area contributed by atoms with E-state index in [-0.39, 0.29) is 36.7 Å². The van der Waals surface area contributed by atoms with E-state index in [2.05, 4.69) is 0 Å². The van der Waals surface area contributed by atoms with Crippen LogP contribution in [-0.4, -0.2) is 25.0 Å². The van der Waals surface area contributed by atoms with Gasteiger partial charge in [0.25, 0.3) is 0 Å². The zero-order valence-corrected chi connectivity index (χ0v) is 9.16.